The standard InChI is InChI=1S/C15H19N3OS/c1-3-7-16-15(19)12-5-4-6-13(8-12)17-9-14-11(2)18-10-20-14/h4-6,8,10,17H,3,7,9H2,1-2H3,(H,16,19). The lowest BCUT2D eigenvalue weighted by Crippen LogP contribution is -2.23. The molecular weight excluding hydrogens is 270 g/mol. The highest BCUT2D eigenvalue weighted by molar-refractivity contribution is 7.09. The molecule has 5 heteroatoms. The number of hydrogen-bond acceptors (Lipinski definition) is 4. The number of benzene rings is 1. The minimum atomic E-state index is -0.0236. The molecule has 2 N–H and O–H groups in total. The van der Waals surface area contributed by atoms with Crippen molar-refractivity contribution in [3.8, 4) is 0 Å². The van der Waals surface area contributed by atoms with E-state index in [9.17, 15) is 4.79 Å². The van der Waals surface area contributed by atoms with Gasteiger partial charge in [-0.3, -0.25) is 4.79 Å². The van der Waals surface area contributed by atoms with Crippen molar-refractivity contribution >= 4 is 22.9 Å². The van der Waals surface area contributed by atoms with E-state index in [0.29, 0.717) is 12.1 Å². The molecule has 1 aromatic heterocycles. The second-order valence-electron chi connectivity index (χ2n) is 4.55. The number of aryl methyl sites for hydroxylation is 1. The van der Waals surface area contributed by atoms with E-state index in [0.717, 1.165) is 24.3 Å². The Balaban J connectivity index is 1.99. The number of aromatic nitrogens is 1. The Morgan fingerprint density at radius 2 is 2.25 bits per heavy atom. The van der Waals surface area contributed by atoms with Crippen LogP contribution in [0.25, 0.3) is 0 Å². The van der Waals surface area contributed by atoms with Gasteiger partial charge in [-0.2, -0.15) is 0 Å². The highest BCUT2D eigenvalue weighted by Gasteiger charge is 2.06. The van der Waals surface area contributed by atoms with E-state index in [1.165, 1.54) is 4.88 Å². The largest absolute Gasteiger partial charge is 0.380 e. The number of thiazole rings is 1. The van der Waals surface area contributed by atoms with Crippen LogP contribution in [0.1, 0.15) is 34.3 Å². The maximum atomic E-state index is 11.9. The first-order chi connectivity index (χ1) is 9.70. The minimum Gasteiger partial charge on any atom is -0.380 e. The first-order valence-corrected chi connectivity index (χ1v) is 7.59. The molecule has 0 unspecified atom stereocenters. The smallest absolute Gasteiger partial charge is 0.251 e. The summed E-state index contributed by atoms with van der Waals surface area (Å²) in [5, 5.41) is 6.21. The topological polar surface area (TPSA) is 54.0 Å². The van der Waals surface area contributed by atoms with Crippen LogP contribution in [0, 0.1) is 6.92 Å². The maximum Gasteiger partial charge on any atom is 0.251 e. The molecule has 0 bridgehead atoms. The number of carbonyl (C=O) groups excluding carboxylic acids is 1. The fraction of sp³-hybridized carbons (Fsp3) is 0.333. The monoisotopic (exact) mass is 289 g/mol. The average Bonchev–Trinajstić information content (AvgIpc) is 2.88. The van der Waals surface area contributed by atoms with Crippen LogP contribution in [0.2, 0.25) is 0 Å². The van der Waals surface area contributed by atoms with E-state index in [1.54, 1.807) is 11.3 Å². The van der Waals surface area contributed by atoms with E-state index in [-0.39, 0.29) is 5.91 Å². The van der Waals surface area contributed by atoms with E-state index >= 15 is 0 Å². The number of rotatable bonds is 6. The molecule has 0 fully saturated rings. The fourth-order valence-corrected chi connectivity index (χ4v) is 2.51. The first-order valence-electron chi connectivity index (χ1n) is 6.71. The third-order valence-corrected chi connectivity index (χ3v) is 3.89. The van der Waals surface area contributed by atoms with Crippen LogP contribution in [0.3, 0.4) is 0 Å². The predicted octanol–water partition coefficient (Wildman–Crippen LogP) is 3.20. The zero-order valence-electron chi connectivity index (χ0n) is 11.8. The summed E-state index contributed by atoms with van der Waals surface area (Å²) in [6.45, 7) is 5.48. The number of hydrogen-bond donors (Lipinski definition) is 2. The van der Waals surface area contributed by atoms with Crippen molar-refractivity contribution < 1.29 is 4.79 Å². The van der Waals surface area contributed by atoms with Crippen molar-refractivity contribution in [3.05, 3.63) is 45.9 Å². The summed E-state index contributed by atoms with van der Waals surface area (Å²) < 4.78 is 0. The third-order valence-electron chi connectivity index (χ3n) is 2.96. The number of anilines is 1. The molecule has 1 heterocycles. The first kappa shape index (κ1) is 14.5. The summed E-state index contributed by atoms with van der Waals surface area (Å²) in [5.74, 6) is -0.0236. The molecule has 0 spiro atoms. The Hall–Kier alpha value is -1.88. The van der Waals surface area contributed by atoms with E-state index < -0.39 is 0 Å². The van der Waals surface area contributed by atoms with Crippen LogP contribution >= 0.6 is 11.3 Å². The summed E-state index contributed by atoms with van der Waals surface area (Å²) in [6.07, 6.45) is 0.939. The van der Waals surface area contributed by atoms with Crippen LogP contribution in [0.5, 0.6) is 0 Å². The van der Waals surface area contributed by atoms with Crippen LogP contribution in [-0.4, -0.2) is 17.4 Å². The Morgan fingerprint density at radius 3 is 2.95 bits per heavy atom. The summed E-state index contributed by atoms with van der Waals surface area (Å²) in [5.41, 5.74) is 4.53. The van der Waals surface area contributed by atoms with Gasteiger partial charge in [0.25, 0.3) is 5.91 Å². The van der Waals surface area contributed by atoms with Gasteiger partial charge in [0.1, 0.15) is 0 Å². The molecule has 4 nitrogen and oxygen atoms in total. The number of nitrogens with zero attached hydrogens (tertiary/aromatic N) is 1. The maximum absolute atomic E-state index is 11.9. The average molecular weight is 289 g/mol. The predicted molar refractivity (Wildman–Crippen MR) is 83.2 cm³/mol. The van der Waals surface area contributed by atoms with Crippen molar-refractivity contribution in [1.82, 2.24) is 10.3 Å². The van der Waals surface area contributed by atoms with E-state index in [1.807, 2.05) is 43.6 Å². The zero-order chi connectivity index (χ0) is 14.4. The van der Waals surface area contributed by atoms with E-state index in [2.05, 4.69) is 15.6 Å². The molecule has 0 radical (unpaired) electrons. The zero-order valence-corrected chi connectivity index (χ0v) is 12.6. The lowest BCUT2D eigenvalue weighted by atomic mass is 10.2. The Bertz CT molecular complexity index is 580. The number of amides is 1. The van der Waals surface area contributed by atoms with Gasteiger partial charge in [-0.25, -0.2) is 4.98 Å². The van der Waals surface area contributed by atoms with Crippen molar-refractivity contribution in [3.63, 3.8) is 0 Å². The summed E-state index contributed by atoms with van der Waals surface area (Å²) in [4.78, 5) is 17.3. The fourth-order valence-electron chi connectivity index (χ4n) is 1.79. The number of nitrogens with one attached hydrogen (secondary N) is 2. The van der Waals surface area contributed by atoms with Gasteiger partial charge in [0, 0.05) is 22.7 Å². The van der Waals surface area contributed by atoms with Crippen molar-refractivity contribution in [2.45, 2.75) is 26.8 Å². The van der Waals surface area contributed by atoms with Crippen LogP contribution in [0.4, 0.5) is 5.69 Å². The lowest BCUT2D eigenvalue weighted by molar-refractivity contribution is 0.0953. The van der Waals surface area contributed by atoms with Gasteiger partial charge in [0.05, 0.1) is 17.7 Å². The van der Waals surface area contributed by atoms with Gasteiger partial charge in [-0.15, -0.1) is 11.3 Å². The highest BCUT2D eigenvalue weighted by atomic mass is 32.1. The molecule has 0 aliphatic carbocycles. The molecule has 2 aromatic rings. The van der Waals surface area contributed by atoms with Gasteiger partial charge in [-0.05, 0) is 31.5 Å². The third kappa shape index (κ3) is 3.81. The molecule has 0 saturated carbocycles. The minimum absolute atomic E-state index is 0.0236. The van der Waals surface area contributed by atoms with Crippen LogP contribution < -0.4 is 10.6 Å². The SMILES string of the molecule is CCCNC(=O)c1cccc(NCc2scnc2C)c1. The lowest BCUT2D eigenvalue weighted by Gasteiger charge is -2.08. The highest BCUT2D eigenvalue weighted by Crippen LogP contribution is 2.16. The Labute approximate surface area is 123 Å². The summed E-state index contributed by atoms with van der Waals surface area (Å²) in [6, 6.07) is 7.56. The van der Waals surface area contributed by atoms with Gasteiger partial charge in [0.15, 0.2) is 0 Å². The van der Waals surface area contributed by atoms with Crippen molar-refractivity contribution in [1.29, 1.82) is 0 Å². The van der Waals surface area contributed by atoms with Gasteiger partial charge >= 0.3 is 0 Å². The molecule has 0 saturated heterocycles. The quantitative estimate of drug-likeness (QED) is 0.858. The second kappa shape index (κ2) is 7.05. The second-order valence-corrected chi connectivity index (χ2v) is 5.49. The molecule has 0 atom stereocenters. The van der Waals surface area contributed by atoms with Crippen molar-refractivity contribution in [2.24, 2.45) is 0 Å². The van der Waals surface area contributed by atoms with Gasteiger partial charge in [-0.1, -0.05) is 13.0 Å². The summed E-state index contributed by atoms with van der Waals surface area (Å²) >= 11 is 1.64. The Morgan fingerprint density at radius 1 is 1.40 bits per heavy atom. The van der Waals surface area contributed by atoms with Crippen molar-refractivity contribution in [2.75, 3.05) is 11.9 Å². The molecule has 1 amide bonds. The molecule has 106 valence electrons. The normalized spacial score (nSPS) is 10.3. The molecule has 0 aliphatic heterocycles. The molecular formula is C15H19N3OS. The molecule has 0 aliphatic rings. The summed E-state index contributed by atoms with van der Waals surface area (Å²) in [7, 11) is 0. The van der Waals surface area contributed by atoms with E-state index in [4.69, 9.17) is 0 Å². The Kier molecular flexibility index (Phi) is 5.12. The van der Waals surface area contributed by atoms with Crippen LogP contribution in [0.15, 0.2) is 29.8 Å². The number of carbonyl (C=O) groups is 1. The molecule has 1 aromatic carbocycles. The van der Waals surface area contributed by atoms with Gasteiger partial charge in [0.2, 0.25) is 0 Å². The van der Waals surface area contributed by atoms with Gasteiger partial charge < -0.3 is 10.6 Å². The molecule has 2 rings (SSSR count). The van der Waals surface area contributed by atoms with Crippen LogP contribution in [-0.2, 0) is 6.54 Å². The molecule has 20 heavy (non-hydrogen) atoms.